The van der Waals surface area contributed by atoms with Crippen LogP contribution in [0, 0.1) is 0 Å². The minimum Gasteiger partial charge on any atom is -0.381 e. The molecule has 0 aromatic rings. The number of hydrogen-bond acceptors (Lipinski definition) is 2. The van der Waals surface area contributed by atoms with Gasteiger partial charge in [-0.15, -0.1) is 0 Å². The van der Waals surface area contributed by atoms with Crippen molar-refractivity contribution in [2.75, 3.05) is 26.3 Å². The molecule has 0 aliphatic carbocycles. The van der Waals surface area contributed by atoms with E-state index in [0.717, 1.165) is 13.2 Å². The number of hydrogen-bond donors (Lipinski definition) is 1. The highest BCUT2D eigenvalue weighted by Gasteiger charge is 1.93. The molecule has 0 aliphatic heterocycles. The quantitative estimate of drug-likeness (QED) is 0.365. The second-order valence-electron chi connectivity index (χ2n) is 5.90. The molecule has 0 atom stereocenters. The second-order valence-corrected chi connectivity index (χ2v) is 5.90. The third-order valence-electron chi connectivity index (χ3n) is 3.74. The Morgan fingerprint density at radius 3 is 1.55 bits per heavy atom. The summed E-state index contributed by atoms with van der Waals surface area (Å²) in [6, 6.07) is 0. The van der Waals surface area contributed by atoms with Gasteiger partial charge in [-0.3, -0.25) is 0 Å². The van der Waals surface area contributed by atoms with Crippen molar-refractivity contribution in [3.8, 4) is 0 Å². The molecular weight excluding hydrogens is 246 g/mol. The number of ether oxygens (including phenoxy) is 1. The predicted octanol–water partition coefficient (Wildman–Crippen LogP) is 5.31. The average molecular weight is 286 g/mol. The van der Waals surface area contributed by atoms with Crippen LogP contribution in [0.3, 0.4) is 0 Å². The zero-order chi connectivity index (χ0) is 14.7. The Hall–Kier alpha value is -0.0800. The van der Waals surface area contributed by atoms with E-state index in [0.29, 0.717) is 0 Å². The van der Waals surface area contributed by atoms with Crippen LogP contribution in [0.15, 0.2) is 0 Å². The van der Waals surface area contributed by atoms with Crippen molar-refractivity contribution < 1.29 is 4.74 Å². The Balaban J connectivity index is 2.89. The summed E-state index contributed by atoms with van der Waals surface area (Å²) in [7, 11) is 0. The molecule has 0 unspecified atom stereocenters. The minimum absolute atomic E-state index is 0.969. The smallest absolute Gasteiger partial charge is 0.0466 e. The van der Waals surface area contributed by atoms with Crippen LogP contribution < -0.4 is 5.32 Å². The number of rotatable bonds is 17. The average Bonchev–Trinajstić information content (AvgIpc) is 2.47. The van der Waals surface area contributed by atoms with Crippen molar-refractivity contribution in [3.63, 3.8) is 0 Å². The van der Waals surface area contributed by atoms with Crippen LogP contribution in [0.4, 0.5) is 0 Å². The van der Waals surface area contributed by atoms with E-state index in [-0.39, 0.29) is 0 Å². The van der Waals surface area contributed by atoms with Gasteiger partial charge in [0.05, 0.1) is 0 Å². The third kappa shape index (κ3) is 17.9. The molecule has 0 bridgehead atoms. The molecule has 0 amide bonds. The molecule has 0 aromatic heterocycles. The van der Waals surface area contributed by atoms with E-state index in [9.17, 15) is 0 Å². The predicted molar refractivity (Wildman–Crippen MR) is 90.4 cm³/mol. The molecule has 1 N–H and O–H groups in total. The fourth-order valence-corrected chi connectivity index (χ4v) is 2.34. The van der Waals surface area contributed by atoms with Crippen molar-refractivity contribution in [3.05, 3.63) is 0 Å². The lowest BCUT2D eigenvalue weighted by molar-refractivity contribution is 0.126. The van der Waals surface area contributed by atoms with Crippen molar-refractivity contribution in [1.82, 2.24) is 5.32 Å². The lowest BCUT2D eigenvalue weighted by Crippen LogP contribution is -2.16. The maximum atomic E-state index is 5.65. The lowest BCUT2D eigenvalue weighted by Gasteiger charge is -2.05. The summed E-state index contributed by atoms with van der Waals surface area (Å²) in [6.45, 7) is 8.87. The topological polar surface area (TPSA) is 21.3 Å². The van der Waals surface area contributed by atoms with E-state index in [1.807, 2.05) is 0 Å². The Bertz CT molecular complexity index is 143. The molecular formula is C18H39NO. The van der Waals surface area contributed by atoms with E-state index in [1.165, 1.54) is 90.1 Å². The van der Waals surface area contributed by atoms with Crippen LogP contribution >= 0.6 is 0 Å². The van der Waals surface area contributed by atoms with Crippen LogP contribution in [-0.2, 0) is 4.74 Å². The van der Waals surface area contributed by atoms with Gasteiger partial charge in [-0.05, 0) is 38.8 Å². The first kappa shape index (κ1) is 19.9. The van der Waals surface area contributed by atoms with Gasteiger partial charge in [-0.25, -0.2) is 0 Å². The summed E-state index contributed by atoms with van der Waals surface area (Å²) in [6.07, 6.45) is 15.9. The van der Waals surface area contributed by atoms with E-state index < -0.39 is 0 Å². The maximum Gasteiger partial charge on any atom is 0.0466 e. The van der Waals surface area contributed by atoms with Crippen LogP contribution in [0.1, 0.15) is 90.9 Å². The van der Waals surface area contributed by atoms with Crippen molar-refractivity contribution in [2.24, 2.45) is 0 Å². The molecule has 122 valence electrons. The Kier molecular flexibility index (Phi) is 18.8. The van der Waals surface area contributed by atoms with Crippen molar-refractivity contribution in [2.45, 2.75) is 90.9 Å². The standard InChI is InChI=1S/C18H39NO/c1-3-5-7-11-15-19-16-12-9-10-14-18-20-17-13-8-6-4-2/h19H,3-18H2,1-2H3. The molecule has 0 aliphatic rings. The molecule has 2 heteroatoms. The molecule has 0 saturated carbocycles. The highest BCUT2D eigenvalue weighted by molar-refractivity contribution is 4.50. The fourth-order valence-electron chi connectivity index (χ4n) is 2.34. The molecule has 2 nitrogen and oxygen atoms in total. The van der Waals surface area contributed by atoms with Gasteiger partial charge >= 0.3 is 0 Å². The van der Waals surface area contributed by atoms with Gasteiger partial charge in [0.2, 0.25) is 0 Å². The zero-order valence-corrected chi connectivity index (χ0v) is 14.2. The van der Waals surface area contributed by atoms with Gasteiger partial charge in [0.25, 0.3) is 0 Å². The molecule has 0 fully saturated rings. The molecule has 0 radical (unpaired) electrons. The lowest BCUT2D eigenvalue weighted by atomic mass is 10.2. The van der Waals surface area contributed by atoms with Gasteiger partial charge < -0.3 is 10.1 Å². The monoisotopic (exact) mass is 285 g/mol. The number of unbranched alkanes of at least 4 members (excludes halogenated alkanes) is 9. The van der Waals surface area contributed by atoms with E-state index >= 15 is 0 Å². The largest absolute Gasteiger partial charge is 0.381 e. The second kappa shape index (κ2) is 18.9. The molecule has 0 spiro atoms. The summed E-state index contributed by atoms with van der Waals surface area (Å²) < 4.78 is 5.65. The normalized spacial score (nSPS) is 11.1. The van der Waals surface area contributed by atoms with E-state index in [4.69, 9.17) is 4.74 Å². The Labute approximate surface area is 128 Å². The SMILES string of the molecule is CCCCCCNCCCCCCOCCCCCC. The summed E-state index contributed by atoms with van der Waals surface area (Å²) in [4.78, 5) is 0. The van der Waals surface area contributed by atoms with Crippen molar-refractivity contribution >= 4 is 0 Å². The van der Waals surface area contributed by atoms with E-state index in [2.05, 4.69) is 19.2 Å². The molecule has 0 heterocycles. The summed E-state index contributed by atoms with van der Waals surface area (Å²) in [5.41, 5.74) is 0. The first-order chi connectivity index (χ1) is 9.91. The molecule has 0 saturated heterocycles. The van der Waals surface area contributed by atoms with Crippen LogP contribution in [0.2, 0.25) is 0 Å². The summed E-state index contributed by atoms with van der Waals surface area (Å²) in [5.74, 6) is 0. The highest BCUT2D eigenvalue weighted by Crippen LogP contribution is 2.02. The summed E-state index contributed by atoms with van der Waals surface area (Å²) in [5, 5.41) is 3.54. The Morgan fingerprint density at radius 2 is 1.00 bits per heavy atom. The third-order valence-corrected chi connectivity index (χ3v) is 3.74. The maximum absolute atomic E-state index is 5.65. The van der Waals surface area contributed by atoms with Gasteiger partial charge in [-0.1, -0.05) is 65.2 Å². The summed E-state index contributed by atoms with van der Waals surface area (Å²) >= 11 is 0. The first-order valence-corrected chi connectivity index (χ1v) is 9.20. The molecule has 0 aromatic carbocycles. The van der Waals surface area contributed by atoms with Crippen LogP contribution in [-0.4, -0.2) is 26.3 Å². The van der Waals surface area contributed by atoms with Crippen LogP contribution in [0.5, 0.6) is 0 Å². The zero-order valence-electron chi connectivity index (χ0n) is 14.2. The highest BCUT2D eigenvalue weighted by atomic mass is 16.5. The fraction of sp³-hybridized carbons (Fsp3) is 1.00. The van der Waals surface area contributed by atoms with Gasteiger partial charge in [0.1, 0.15) is 0 Å². The molecule has 20 heavy (non-hydrogen) atoms. The van der Waals surface area contributed by atoms with Gasteiger partial charge in [0.15, 0.2) is 0 Å². The van der Waals surface area contributed by atoms with Crippen LogP contribution in [0.25, 0.3) is 0 Å². The first-order valence-electron chi connectivity index (χ1n) is 9.20. The van der Waals surface area contributed by atoms with E-state index in [1.54, 1.807) is 0 Å². The number of nitrogens with one attached hydrogen (secondary N) is 1. The van der Waals surface area contributed by atoms with Gasteiger partial charge in [0, 0.05) is 13.2 Å². The van der Waals surface area contributed by atoms with Crippen molar-refractivity contribution in [1.29, 1.82) is 0 Å². The Morgan fingerprint density at radius 1 is 0.550 bits per heavy atom. The minimum atomic E-state index is 0.969. The molecule has 0 rings (SSSR count). The van der Waals surface area contributed by atoms with Gasteiger partial charge in [-0.2, -0.15) is 0 Å².